The largest absolute Gasteiger partial charge is 0.372 e. The number of carbonyl (C=O) groups is 1. The third-order valence-corrected chi connectivity index (χ3v) is 3.31. The van der Waals surface area contributed by atoms with Gasteiger partial charge >= 0.3 is 0 Å². The van der Waals surface area contributed by atoms with Crippen molar-refractivity contribution in [2.75, 3.05) is 29.9 Å². The minimum Gasteiger partial charge on any atom is -0.372 e. The van der Waals surface area contributed by atoms with Crippen LogP contribution in [0.3, 0.4) is 0 Å². The lowest BCUT2D eigenvalue weighted by molar-refractivity contribution is -0.116. The molecule has 2 rings (SSSR count). The van der Waals surface area contributed by atoms with Crippen LogP contribution in [0.2, 0.25) is 0 Å². The summed E-state index contributed by atoms with van der Waals surface area (Å²) in [6, 6.07) is 7.87. The van der Waals surface area contributed by atoms with Gasteiger partial charge in [0.25, 0.3) is 0 Å². The maximum Gasteiger partial charge on any atom is 0.225 e. The molecule has 1 fully saturated rings. The monoisotopic (exact) mass is 313 g/mol. The summed E-state index contributed by atoms with van der Waals surface area (Å²) in [6.45, 7) is 6.15. The van der Waals surface area contributed by atoms with Crippen LogP contribution in [0.5, 0.6) is 0 Å². The van der Waals surface area contributed by atoms with Crippen LogP contribution in [0, 0.1) is 0 Å². The molecule has 1 aromatic rings. The van der Waals surface area contributed by atoms with Gasteiger partial charge in [0.1, 0.15) is 0 Å². The van der Waals surface area contributed by atoms with Gasteiger partial charge in [-0.1, -0.05) is 12.1 Å². The molecule has 6 heteroatoms. The van der Waals surface area contributed by atoms with E-state index in [9.17, 15) is 4.79 Å². The molecular weight excluding hydrogens is 290 g/mol. The second kappa shape index (κ2) is 8.22. The van der Waals surface area contributed by atoms with Crippen LogP contribution in [0.15, 0.2) is 24.3 Å². The zero-order valence-electron chi connectivity index (χ0n) is 12.5. The maximum atomic E-state index is 11.7. The Balaban J connectivity index is 0.00000220. The Kier molecular flexibility index (Phi) is 6.95. The Morgan fingerprint density at radius 2 is 1.95 bits per heavy atom. The Morgan fingerprint density at radius 3 is 2.57 bits per heavy atom. The highest BCUT2D eigenvalue weighted by Gasteiger charge is 2.24. The second-order valence-electron chi connectivity index (χ2n) is 5.27. The molecule has 0 aromatic heterocycles. The standard InChI is InChI=1S/C15H23N3O2.ClH/c1-11-9-18(10-12(2)20-11)14-6-4-3-5-13(14)17-15(19)7-8-16;/h3-6,11-12H,7-10,16H2,1-2H3,(H,17,19);1H. The first-order valence-electron chi connectivity index (χ1n) is 7.09. The summed E-state index contributed by atoms with van der Waals surface area (Å²) in [5.74, 6) is -0.0469. The summed E-state index contributed by atoms with van der Waals surface area (Å²) in [7, 11) is 0. The number of halogens is 1. The highest BCUT2D eigenvalue weighted by Crippen LogP contribution is 2.28. The minimum atomic E-state index is -0.0469. The quantitative estimate of drug-likeness (QED) is 0.892. The van der Waals surface area contributed by atoms with E-state index in [1.54, 1.807) is 0 Å². The van der Waals surface area contributed by atoms with Crippen molar-refractivity contribution in [1.82, 2.24) is 0 Å². The van der Waals surface area contributed by atoms with Gasteiger partial charge in [-0.15, -0.1) is 12.4 Å². The van der Waals surface area contributed by atoms with Gasteiger partial charge in [0.05, 0.1) is 23.6 Å². The Hall–Kier alpha value is -1.30. The SMILES string of the molecule is CC1CN(c2ccccc2NC(=O)CCN)CC(C)O1.Cl. The van der Waals surface area contributed by atoms with Crippen LogP contribution in [-0.4, -0.2) is 37.7 Å². The van der Waals surface area contributed by atoms with Gasteiger partial charge in [-0.05, 0) is 26.0 Å². The molecule has 2 unspecified atom stereocenters. The van der Waals surface area contributed by atoms with E-state index in [2.05, 4.69) is 24.1 Å². The fourth-order valence-electron chi connectivity index (χ4n) is 2.57. The van der Waals surface area contributed by atoms with Crippen molar-refractivity contribution in [2.45, 2.75) is 32.5 Å². The number of nitrogens with zero attached hydrogens (tertiary/aromatic N) is 1. The van der Waals surface area contributed by atoms with E-state index in [1.165, 1.54) is 0 Å². The Morgan fingerprint density at radius 1 is 1.33 bits per heavy atom. The fraction of sp³-hybridized carbons (Fsp3) is 0.533. The van der Waals surface area contributed by atoms with Gasteiger partial charge in [-0.2, -0.15) is 0 Å². The number of hydrogen-bond donors (Lipinski definition) is 2. The third-order valence-electron chi connectivity index (χ3n) is 3.31. The van der Waals surface area contributed by atoms with Crippen molar-refractivity contribution >= 4 is 29.7 Å². The van der Waals surface area contributed by atoms with Crippen molar-refractivity contribution in [3.05, 3.63) is 24.3 Å². The topological polar surface area (TPSA) is 67.6 Å². The number of ether oxygens (including phenoxy) is 1. The van der Waals surface area contributed by atoms with Gasteiger partial charge in [0, 0.05) is 26.1 Å². The lowest BCUT2D eigenvalue weighted by atomic mass is 10.1. The van der Waals surface area contributed by atoms with Crippen molar-refractivity contribution in [3.8, 4) is 0 Å². The van der Waals surface area contributed by atoms with Crippen LogP contribution < -0.4 is 16.0 Å². The van der Waals surface area contributed by atoms with Crippen molar-refractivity contribution in [1.29, 1.82) is 0 Å². The average Bonchev–Trinajstić information content (AvgIpc) is 2.38. The van der Waals surface area contributed by atoms with Gasteiger partial charge < -0.3 is 20.7 Å². The molecule has 1 heterocycles. The van der Waals surface area contributed by atoms with Gasteiger partial charge in [-0.25, -0.2) is 0 Å². The number of amides is 1. The average molecular weight is 314 g/mol. The predicted molar refractivity (Wildman–Crippen MR) is 88.2 cm³/mol. The lowest BCUT2D eigenvalue weighted by Gasteiger charge is -2.37. The van der Waals surface area contributed by atoms with Gasteiger partial charge in [0.2, 0.25) is 5.91 Å². The molecular formula is C15H24ClN3O2. The summed E-state index contributed by atoms with van der Waals surface area (Å²) < 4.78 is 5.75. The van der Waals surface area contributed by atoms with E-state index in [0.29, 0.717) is 13.0 Å². The van der Waals surface area contributed by atoms with Crippen LogP contribution in [0.4, 0.5) is 11.4 Å². The highest BCUT2D eigenvalue weighted by atomic mass is 35.5. The zero-order chi connectivity index (χ0) is 14.5. The summed E-state index contributed by atoms with van der Waals surface area (Å²) in [5, 5.41) is 2.94. The normalized spacial score (nSPS) is 21.6. The summed E-state index contributed by atoms with van der Waals surface area (Å²) >= 11 is 0. The van der Waals surface area contributed by atoms with Crippen LogP contribution >= 0.6 is 12.4 Å². The molecule has 3 N–H and O–H groups in total. The molecule has 1 amide bonds. The first-order chi connectivity index (χ1) is 9.60. The number of benzene rings is 1. The first kappa shape index (κ1) is 17.8. The molecule has 118 valence electrons. The molecule has 0 spiro atoms. The Labute approximate surface area is 132 Å². The van der Waals surface area contributed by atoms with Crippen molar-refractivity contribution in [3.63, 3.8) is 0 Å². The van der Waals surface area contributed by atoms with E-state index in [4.69, 9.17) is 10.5 Å². The van der Waals surface area contributed by atoms with Gasteiger partial charge in [-0.3, -0.25) is 4.79 Å². The van der Waals surface area contributed by atoms with Gasteiger partial charge in [0.15, 0.2) is 0 Å². The molecule has 2 atom stereocenters. The number of nitrogens with one attached hydrogen (secondary N) is 1. The molecule has 1 aliphatic heterocycles. The number of hydrogen-bond acceptors (Lipinski definition) is 4. The van der Waals surface area contributed by atoms with Crippen molar-refractivity contribution < 1.29 is 9.53 Å². The highest BCUT2D eigenvalue weighted by molar-refractivity contribution is 5.94. The Bertz CT molecular complexity index is 460. The number of para-hydroxylation sites is 2. The number of rotatable bonds is 4. The number of morpholine rings is 1. The molecule has 1 aromatic carbocycles. The molecule has 0 bridgehead atoms. The van der Waals surface area contributed by atoms with E-state index >= 15 is 0 Å². The van der Waals surface area contributed by atoms with E-state index < -0.39 is 0 Å². The molecule has 21 heavy (non-hydrogen) atoms. The summed E-state index contributed by atoms with van der Waals surface area (Å²) in [4.78, 5) is 14.0. The number of anilines is 2. The summed E-state index contributed by atoms with van der Waals surface area (Å²) in [5.41, 5.74) is 7.29. The number of carbonyl (C=O) groups excluding carboxylic acids is 1. The fourth-order valence-corrected chi connectivity index (χ4v) is 2.57. The molecule has 0 aliphatic carbocycles. The smallest absolute Gasteiger partial charge is 0.225 e. The van der Waals surface area contributed by atoms with E-state index in [1.807, 2.05) is 24.3 Å². The van der Waals surface area contributed by atoms with Crippen LogP contribution in [0.25, 0.3) is 0 Å². The molecule has 1 aliphatic rings. The number of nitrogens with two attached hydrogens (primary N) is 1. The maximum absolute atomic E-state index is 11.7. The molecule has 0 radical (unpaired) electrons. The zero-order valence-corrected chi connectivity index (χ0v) is 13.4. The van der Waals surface area contributed by atoms with E-state index in [0.717, 1.165) is 24.5 Å². The van der Waals surface area contributed by atoms with Crippen molar-refractivity contribution in [2.24, 2.45) is 5.73 Å². The molecule has 1 saturated heterocycles. The second-order valence-corrected chi connectivity index (χ2v) is 5.27. The van der Waals surface area contributed by atoms with E-state index in [-0.39, 0.29) is 30.5 Å². The minimum absolute atomic E-state index is 0. The molecule has 0 saturated carbocycles. The third kappa shape index (κ3) is 4.88. The predicted octanol–water partition coefficient (Wildman–Crippen LogP) is 2.01. The van der Waals surface area contributed by atoms with Crippen LogP contribution in [0.1, 0.15) is 20.3 Å². The molecule has 5 nitrogen and oxygen atoms in total. The first-order valence-corrected chi connectivity index (χ1v) is 7.09. The lowest BCUT2D eigenvalue weighted by Crippen LogP contribution is -2.45. The summed E-state index contributed by atoms with van der Waals surface area (Å²) in [6.07, 6.45) is 0.711. The van der Waals surface area contributed by atoms with Crippen LogP contribution in [-0.2, 0) is 9.53 Å².